The van der Waals surface area contributed by atoms with Gasteiger partial charge in [0.1, 0.15) is 6.10 Å². The van der Waals surface area contributed by atoms with Crippen LogP contribution in [-0.2, 0) is 9.47 Å². The van der Waals surface area contributed by atoms with Gasteiger partial charge in [0.05, 0.1) is 13.2 Å². The lowest BCUT2D eigenvalue weighted by Crippen LogP contribution is -2.45. The highest BCUT2D eigenvalue weighted by Gasteiger charge is 2.44. The van der Waals surface area contributed by atoms with Crippen molar-refractivity contribution in [2.45, 2.75) is 37.6 Å². The summed E-state index contributed by atoms with van der Waals surface area (Å²) in [4.78, 5) is 0. The zero-order valence-corrected chi connectivity index (χ0v) is 6.58. The Hall–Kier alpha value is -0.120. The first kappa shape index (κ1) is 7.53. The molecule has 64 valence electrons. The van der Waals surface area contributed by atoms with Gasteiger partial charge in [-0.3, -0.25) is 0 Å². The van der Waals surface area contributed by atoms with Crippen LogP contribution in [0.3, 0.4) is 0 Å². The van der Waals surface area contributed by atoms with Gasteiger partial charge in [-0.05, 0) is 12.8 Å². The topological polar surface area (TPSA) is 38.7 Å². The summed E-state index contributed by atoms with van der Waals surface area (Å²) in [6.45, 7) is 1.27. The van der Waals surface area contributed by atoms with Crippen LogP contribution in [0.4, 0.5) is 0 Å². The monoisotopic (exact) mass is 158 g/mol. The van der Waals surface area contributed by atoms with Crippen LogP contribution in [0.1, 0.15) is 25.7 Å². The van der Waals surface area contributed by atoms with E-state index >= 15 is 0 Å². The van der Waals surface area contributed by atoms with E-state index in [4.69, 9.17) is 9.47 Å². The first-order chi connectivity index (χ1) is 5.33. The zero-order chi connectivity index (χ0) is 7.73. The van der Waals surface area contributed by atoms with Crippen molar-refractivity contribution in [1.82, 2.24) is 0 Å². The van der Waals surface area contributed by atoms with Gasteiger partial charge in [0, 0.05) is 6.42 Å². The van der Waals surface area contributed by atoms with Crippen molar-refractivity contribution in [3.8, 4) is 0 Å². The molecule has 2 fully saturated rings. The lowest BCUT2D eigenvalue weighted by molar-refractivity contribution is -0.235. The molecule has 2 rings (SSSR count). The van der Waals surface area contributed by atoms with Crippen molar-refractivity contribution in [3.63, 3.8) is 0 Å². The second kappa shape index (κ2) is 2.73. The standard InChI is InChI=1S/C8H14O3/c9-7-3-1-2-4-8(7)10-5-6-11-8/h7,9H,1-6H2/t7-/m1/s1. The van der Waals surface area contributed by atoms with Gasteiger partial charge < -0.3 is 14.6 Å². The van der Waals surface area contributed by atoms with Gasteiger partial charge in [-0.2, -0.15) is 0 Å². The van der Waals surface area contributed by atoms with Gasteiger partial charge in [-0.25, -0.2) is 0 Å². The molecule has 0 aromatic heterocycles. The third kappa shape index (κ3) is 1.17. The molecular weight excluding hydrogens is 144 g/mol. The second-order valence-electron chi connectivity index (χ2n) is 3.27. The molecule has 2 aliphatic rings. The van der Waals surface area contributed by atoms with Crippen LogP contribution in [0.15, 0.2) is 0 Å². The number of aliphatic hydroxyl groups is 1. The number of rotatable bonds is 0. The molecule has 3 heteroatoms. The van der Waals surface area contributed by atoms with Crippen molar-refractivity contribution in [3.05, 3.63) is 0 Å². The van der Waals surface area contributed by atoms with Gasteiger partial charge in [-0.15, -0.1) is 0 Å². The summed E-state index contributed by atoms with van der Waals surface area (Å²) in [6.07, 6.45) is 3.47. The third-order valence-corrected chi connectivity index (χ3v) is 2.54. The predicted octanol–water partition coefficient (Wildman–Crippen LogP) is 0.664. The molecule has 0 unspecified atom stereocenters. The summed E-state index contributed by atoms with van der Waals surface area (Å²) in [6, 6.07) is 0. The molecule has 0 amide bonds. The van der Waals surface area contributed by atoms with E-state index in [2.05, 4.69) is 0 Å². The van der Waals surface area contributed by atoms with Crippen LogP contribution >= 0.6 is 0 Å². The molecule has 1 spiro atoms. The summed E-state index contributed by atoms with van der Waals surface area (Å²) in [5.41, 5.74) is 0. The number of aliphatic hydroxyl groups excluding tert-OH is 1. The van der Waals surface area contributed by atoms with Crippen LogP contribution in [-0.4, -0.2) is 30.2 Å². The third-order valence-electron chi connectivity index (χ3n) is 2.54. The Morgan fingerprint density at radius 3 is 2.55 bits per heavy atom. The average Bonchev–Trinajstić information content (AvgIpc) is 2.46. The lowest BCUT2D eigenvalue weighted by Gasteiger charge is -2.35. The van der Waals surface area contributed by atoms with E-state index in [1.807, 2.05) is 0 Å². The summed E-state index contributed by atoms with van der Waals surface area (Å²) < 4.78 is 10.8. The first-order valence-corrected chi connectivity index (χ1v) is 4.29. The number of hydrogen-bond acceptors (Lipinski definition) is 3. The normalized spacial score (nSPS) is 36.3. The Labute approximate surface area is 66.3 Å². The van der Waals surface area contributed by atoms with E-state index < -0.39 is 11.9 Å². The molecule has 0 radical (unpaired) electrons. The minimum Gasteiger partial charge on any atom is -0.388 e. The van der Waals surface area contributed by atoms with Gasteiger partial charge in [0.15, 0.2) is 5.79 Å². The van der Waals surface area contributed by atoms with Gasteiger partial charge in [0.2, 0.25) is 0 Å². The molecule has 1 saturated carbocycles. The lowest BCUT2D eigenvalue weighted by atomic mass is 9.91. The van der Waals surface area contributed by atoms with Crippen molar-refractivity contribution in [2.75, 3.05) is 13.2 Å². The highest BCUT2D eigenvalue weighted by Crippen LogP contribution is 2.35. The SMILES string of the molecule is O[C@@H]1CCCCC12OCCO2. The van der Waals surface area contributed by atoms with Crippen molar-refractivity contribution in [1.29, 1.82) is 0 Å². The smallest absolute Gasteiger partial charge is 0.194 e. The fourth-order valence-electron chi connectivity index (χ4n) is 1.90. The molecule has 3 nitrogen and oxygen atoms in total. The second-order valence-corrected chi connectivity index (χ2v) is 3.27. The van der Waals surface area contributed by atoms with Crippen molar-refractivity contribution >= 4 is 0 Å². The molecule has 1 atom stereocenters. The molecule has 11 heavy (non-hydrogen) atoms. The Morgan fingerprint density at radius 1 is 1.18 bits per heavy atom. The molecule has 0 aromatic carbocycles. The fourth-order valence-corrected chi connectivity index (χ4v) is 1.90. The van der Waals surface area contributed by atoms with E-state index in [-0.39, 0.29) is 0 Å². The Kier molecular flexibility index (Phi) is 1.87. The highest BCUT2D eigenvalue weighted by molar-refractivity contribution is 4.86. The van der Waals surface area contributed by atoms with E-state index in [9.17, 15) is 5.11 Å². The summed E-state index contributed by atoms with van der Waals surface area (Å²) in [5, 5.41) is 9.61. The predicted molar refractivity (Wildman–Crippen MR) is 39.1 cm³/mol. The van der Waals surface area contributed by atoms with Crippen LogP contribution in [0, 0.1) is 0 Å². The van der Waals surface area contributed by atoms with Crippen molar-refractivity contribution in [2.24, 2.45) is 0 Å². The molecule has 1 aliphatic heterocycles. The fraction of sp³-hybridized carbons (Fsp3) is 1.00. The molecule has 1 heterocycles. The maximum Gasteiger partial charge on any atom is 0.194 e. The minimum atomic E-state index is -0.613. The molecule has 0 aromatic rings. The molecule has 0 bridgehead atoms. The van der Waals surface area contributed by atoms with Crippen LogP contribution in [0.2, 0.25) is 0 Å². The van der Waals surface area contributed by atoms with Gasteiger partial charge >= 0.3 is 0 Å². The van der Waals surface area contributed by atoms with Crippen LogP contribution < -0.4 is 0 Å². The van der Waals surface area contributed by atoms with Crippen molar-refractivity contribution < 1.29 is 14.6 Å². The number of hydrogen-bond donors (Lipinski definition) is 1. The minimum absolute atomic E-state index is 0.404. The molecule has 1 aliphatic carbocycles. The summed E-state index contributed by atoms with van der Waals surface area (Å²) >= 11 is 0. The Bertz CT molecular complexity index is 140. The van der Waals surface area contributed by atoms with Crippen LogP contribution in [0.25, 0.3) is 0 Å². The highest BCUT2D eigenvalue weighted by atomic mass is 16.7. The van der Waals surface area contributed by atoms with Crippen LogP contribution in [0.5, 0.6) is 0 Å². The zero-order valence-electron chi connectivity index (χ0n) is 6.58. The summed E-state index contributed by atoms with van der Waals surface area (Å²) in [7, 11) is 0. The average molecular weight is 158 g/mol. The van der Waals surface area contributed by atoms with E-state index in [1.165, 1.54) is 0 Å². The molecule has 1 N–H and O–H groups in total. The van der Waals surface area contributed by atoms with E-state index in [1.54, 1.807) is 0 Å². The Balaban J connectivity index is 2.07. The quantitative estimate of drug-likeness (QED) is 0.563. The maximum atomic E-state index is 9.61. The van der Waals surface area contributed by atoms with E-state index in [0.717, 1.165) is 25.7 Å². The Morgan fingerprint density at radius 2 is 1.91 bits per heavy atom. The molecular formula is C8H14O3. The largest absolute Gasteiger partial charge is 0.388 e. The summed E-state index contributed by atoms with van der Waals surface area (Å²) in [5.74, 6) is -0.613. The van der Waals surface area contributed by atoms with E-state index in [0.29, 0.717) is 13.2 Å². The van der Waals surface area contributed by atoms with Gasteiger partial charge in [-0.1, -0.05) is 6.42 Å². The van der Waals surface area contributed by atoms with Gasteiger partial charge in [0.25, 0.3) is 0 Å². The first-order valence-electron chi connectivity index (χ1n) is 4.29. The molecule has 1 saturated heterocycles. The maximum absolute atomic E-state index is 9.61. The number of ether oxygens (including phenoxy) is 2.